The zero-order valence-electron chi connectivity index (χ0n) is 10.0. The normalized spacial score (nSPS) is 12.6. The molecule has 6 nitrogen and oxygen atoms in total. The van der Waals surface area contributed by atoms with Crippen molar-refractivity contribution in [2.75, 3.05) is 6.79 Å². The summed E-state index contributed by atoms with van der Waals surface area (Å²) in [5.41, 5.74) is 1.76. The third kappa shape index (κ3) is 2.37. The van der Waals surface area contributed by atoms with E-state index in [2.05, 4.69) is 9.97 Å². The minimum absolute atomic E-state index is 0.0636. The van der Waals surface area contributed by atoms with Gasteiger partial charge in [0.1, 0.15) is 5.82 Å². The van der Waals surface area contributed by atoms with E-state index in [9.17, 15) is 4.79 Å². The van der Waals surface area contributed by atoms with E-state index in [0.717, 1.165) is 17.0 Å². The molecule has 2 aromatic rings. The number of aliphatic carboxylic acids is 1. The smallest absolute Gasteiger partial charge is 0.303 e. The van der Waals surface area contributed by atoms with Gasteiger partial charge in [0.15, 0.2) is 11.5 Å². The predicted molar refractivity (Wildman–Crippen MR) is 66.1 cm³/mol. The lowest BCUT2D eigenvalue weighted by molar-refractivity contribution is -0.137. The Morgan fingerprint density at radius 1 is 1.37 bits per heavy atom. The highest BCUT2D eigenvalue weighted by molar-refractivity contribution is 5.67. The topological polar surface area (TPSA) is 84.4 Å². The minimum atomic E-state index is -0.832. The number of imidazole rings is 1. The summed E-state index contributed by atoms with van der Waals surface area (Å²) in [4.78, 5) is 17.8. The molecule has 0 spiro atoms. The molecule has 0 unspecified atom stereocenters. The predicted octanol–water partition coefficient (Wildman–Crippen LogP) is 1.82. The van der Waals surface area contributed by atoms with E-state index >= 15 is 0 Å². The van der Waals surface area contributed by atoms with E-state index in [-0.39, 0.29) is 13.2 Å². The van der Waals surface area contributed by atoms with Crippen molar-refractivity contribution in [3.8, 4) is 22.8 Å². The number of aryl methyl sites for hydroxylation is 1. The van der Waals surface area contributed by atoms with Crippen LogP contribution in [0.25, 0.3) is 11.3 Å². The van der Waals surface area contributed by atoms with Crippen molar-refractivity contribution >= 4 is 5.97 Å². The monoisotopic (exact) mass is 260 g/mol. The first-order chi connectivity index (χ1) is 9.22. The van der Waals surface area contributed by atoms with Crippen molar-refractivity contribution in [2.45, 2.75) is 12.8 Å². The Kier molecular flexibility index (Phi) is 2.83. The van der Waals surface area contributed by atoms with Crippen LogP contribution in [0, 0.1) is 0 Å². The Morgan fingerprint density at radius 3 is 3.05 bits per heavy atom. The van der Waals surface area contributed by atoms with E-state index in [1.807, 2.05) is 18.2 Å². The Labute approximate surface area is 109 Å². The van der Waals surface area contributed by atoms with E-state index in [4.69, 9.17) is 14.6 Å². The number of aromatic amines is 1. The second kappa shape index (κ2) is 4.64. The van der Waals surface area contributed by atoms with Gasteiger partial charge in [-0.3, -0.25) is 4.79 Å². The molecule has 0 radical (unpaired) electrons. The molecule has 3 rings (SSSR count). The van der Waals surface area contributed by atoms with Crippen LogP contribution in [0.1, 0.15) is 12.2 Å². The molecular formula is C13H12N2O4. The number of ether oxygens (including phenoxy) is 2. The second-order valence-electron chi connectivity index (χ2n) is 4.21. The number of carboxylic acids is 1. The molecule has 0 saturated carbocycles. The Morgan fingerprint density at radius 2 is 2.21 bits per heavy atom. The third-order valence-corrected chi connectivity index (χ3v) is 2.89. The first-order valence-corrected chi connectivity index (χ1v) is 5.88. The molecular weight excluding hydrogens is 248 g/mol. The second-order valence-corrected chi connectivity index (χ2v) is 4.21. The molecule has 0 amide bonds. The molecule has 98 valence electrons. The third-order valence-electron chi connectivity index (χ3n) is 2.89. The van der Waals surface area contributed by atoms with Crippen molar-refractivity contribution in [2.24, 2.45) is 0 Å². The molecule has 0 saturated heterocycles. The lowest BCUT2D eigenvalue weighted by Gasteiger charge is -2.00. The van der Waals surface area contributed by atoms with Crippen molar-refractivity contribution in [1.82, 2.24) is 9.97 Å². The summed E-state index contributed by atoms with van der Waals surface area (Å²) in [5, 5.41) is 8.63. The number of nitrogens with one attached hydrogen (secondary N) is 1. The number of rotatable bonds is 4. The van der Waals surface area contributed by atoms with Gasteiger partial charge in [0.25, 0.3) is 0 Å². The highest BCUT2D eigenvalue weighted by atomic mass is 16.7. The van der Waals surface area contributed by atoms with Crippen LogP contribution < -0.4 is 9.47 Å². The number of benzene rings is 1. The van der Waals surface area contributed by atoms with Gasteiger partial charge in [0.2, 0.25) is 6.79 Å². The van der Waals surface area contributed by atoms with Gasteiger partial charge in [0, 0.05) is 12.0 Å². The summed E-state index contributed by atoms with van der Waals surface area (Å²) in [6, 6.07) is 5.62. The standard InChI is InChI=1S/C13H12N2O4/c16-13(17)4-3-12-14-6-9(15-12)8-1-2-10-11(5-8)19-7-18-10/h1-2,5-6H,3-4,7H2,(H,14,15)(H,16,17). The fourth-order valence-electron chi connectivity index (χ4n) is 1.93. The Bertz CT molecular complexity index is 621. The van der Waals surface area contributed by atoms with E-state index in [0.29, 0.717) is 18.0 Å². The maximum Gasteiger partial charge on any atom is 0.303 e. The molecule has 1 aromatic heterocycles. The summed E-state index contributed by atoms with van der Waals surface area (Å²) in [5.74, 6) is 1.27. The molecule has 6 heteroatoms. The summed E-state index contributed by atoms with van der Waals surface area (Å²) in [6.45, 7) is 0.242. The zero-order chi connectivity index (χ0) is 13.2. The lowest BCUT2D eigenvalue weighted by atomic mass is 10.1. The van der Waals surface area contributed by atoms with Crippen LogP contribution in [0.15, 0.2) is 24.4 Å². The number of carboxylic acid groups (broad SMARTS) is 1. The summed E-state index contributed by atoms with van der Waals surface area (Å²) in [6.07, 6.45) is 2.14. The van der Waals surface area contributed by atoms with E-state index in [1.54, 1.807) is 6.20 Å². The van der Waals surface area contributed by atoms with Gasteiger partial charge >= 0.3 is 5.97 Å². The molecule has 0 bridgehead atoms. The first kappa shape index (κ1) is 11.6. The maximum atomic E-state index is 10.5. The highest BCUT2D eigenvalue weighted by Gasteiger charge is 2.14. The van der Waals surface area contributed by atoms with Gasteiger partial charge in [-0.15, -0.1) is 0 Å². The van der Waals surface area contributed by atoms with Crippen molar-refractivity contribution < 1.29 is 19.4 Å². The molecule has 1 aromatic carbocycles. The summed E-state index contributed by atoms with van der Waals surface area (Å²) >= 11 is 0. The van der Waals surface area contributed by atoms with Gasteiger partial charge in [-0.25, -0.2) is 4.98 Å². The fourth-order valence-corrected chi connectivity index (χ4v) is 1.93. The lowest BCUT2D eigenvalue weighted by Crippen LogP contribution is -1.98. The van der Waals surface area contributed by atoms with Crippen LogP contribution in [0.4, 0.5) is 0 Å². The Balaban J connectivity index is 1.80. The van der Waals surface area contributed by atoms with Crippen LogP contribution in [0.3, 0.4) is 0 Å². The van der Waals surface area contributed by atoms with Gasteiger partial charge in [-0.1, -0.05) is 0 Å². The Hall–Kier alpha value is -2.50. The molecule has 2 N–H and O–H groups in total. The van der Waals surface area contributed by atoms with Gasteiger partial charge < -0.3 is 19.6 Å². The average Bonchev–Trinajstić information content (AvgIpc) is 3.04. The number of nitrogens with zero attached hydrogens (tertiary/aromatic N) is 1. The maximum absolute atomic E-state index is 10.5. The minimum Gasteiger partial charge on any atom is -0.481 e. The largest absolute Gasteiger partial charge is 0.481 e. The van der Waals surface area contributed by atoms with Crippen molar-refractivity contribution in [3.05, 3.63) is 30.2 Å². The molecule has 2 heterocycles. The van der Waals surface area contributed by atoms with Gasteiger partial charge in [-0.05, 0) is 18.2 Å². The van der Waals surface area contributed by atoms with Crippen molar-refractivity contribution in [1.29, 1.82) is 0 Å². The van der Waals surface area contributed by atoms with Gasteiger partial charge in [0.05, 0.1) is 18.3 Å². The number of aromatic nitrogens is 2. The molecule has 1 aliphatic heterocycles. The molecule has 0 atom stereocenters. The highest BCUT2D eigenvalue weighted by Crippen LogP contribution is 2.35. The SMILES string of the molecule is O=C(O)CCc1ncc(-c2ccc3c(c2)OCO3)[nH]1. The molecule has 0 fully saturated rings. The molecule has 1 aliphatic rings. The fraction of sp³-hybridized carbons (Fsp3) is 0.231. The number of hydrogen-bond donors (Lipinski definition) is 2. The number of fused-ring (bicyclic) bond motifs is 1. The summed E-state index contributed by atoms with van der Waals surface area (Å²) in [7, 11) is 0. The molecule has 0 aliphatic carbocycles. The van der Waals surface area contributed by atoms with E-state index < -0.39 is 5.97 Å². The van der Waals surface area contributed by atoms with Crippen LogP contribution in [0.2, 0.25) is 0 Å². The van der Waals surface area contributed by atoms with Crippen LogP contribution in [-0.4, -0.2) is 27.8 Å². The van der Waals surface area contributed by atoms with Crippen LogP contribution >= 0.6 is 0 Å². The number of hydrogen-bond acceptors (Lipinski definition) is 4. The number of carbonyl (C=O) groups is 1. The first-order valence-electron chi connectivity index (χ1n) is 5.88. The van der Waals surface area contributed by atoms with Gasteiger partial charge in [-0.2, -0.15) is 0 Å². The van der Waals surface area contributed by atoms with Crippen molar-refractivity contribution in [3.63, 3.8) is 0 Å². The zero-order valence-corrected chi connectivity index (χ0v) is 10.0. The van der Waals surface area contributed by atoms with E-state index in [1.165, 1.54) is 0 Å². The average molecular weight is 260 g/mol. The summed E-state index contributed by atoms with van der Waals surface area (Å²) < 4.78 is 10.6. The molecule has 19 heavy (non-hydrogen) atoms. The van der Waals surface area contributed by atoms with Crippen LogP contribution in [-0.2, 0) is 11.2 Å². The van der Waals surface area contributed by atoms with Crippen LogP contribution in [0.5, 0.6) is 11.5 Å². The quantitative estimate of drug-likeness (QED) is 0.876. The number of H-pyrrole nitrogens is 1.